The van der Waals surface area contributed by atoms with Crippen molar-refractivity contribution in [2.45, 2.75) is 38.4 Å². The Hall–Kier alpha value is -0.950. The molecule has 20 heavy (non-hydrogen) atoms. The van der Waals surface area contributed by atoms with Crippen molar-refractivity contribution in [1.29, 1.82) is 0 Å². The van der Waals surface area contributed by atoms with Crippen molar-refractivity contribution in [2.75, 3.05) is 13.1 Å². The molecule has 0 unspecified atom stereocenters. The number of hydrogen-bond acceptors (Lipinski definition) is 4. The van der Waals surface area contributed by atoms with Gasteiger partial charge < -0.3 is 10.5 Å². The van der Waals surface area contributed by atoms with Crippen molar-refractivity contribution in [3.63, 3.8) is 0 Å². The van der Waals surface area contributed by atoms with E-state index in [0.29, 0.717) is 19.6 Å². The van der Waals surface area contributed by atoms with Gasteiger partial charge in [0.2, 0.25) is 10.0 Å². The second-order valence-electron chi connectivity index (χ2n) is 5.35. The van der Waals surface area contributed by atoms with Crippen LogP contribution in [0.4, 0.5) is 0 Å². The molecule has 1 fully saturated rings. The Labute approximate surface area is 120 Å². The maximum absolute atomic E-state index is 12.4. The van der Waals surface area contributed by atoms with Crippen LogP contribution in [0.5, 0.6) is 0 Å². The molecule has 1 aromatic rings. The van der Waals surface area contributed by atoms with Crippen LogP contribution in [0, 0.1) is 0 Å². The molecule has 0 amide bonds. The molecule has 5 nitrogen and oxygen atoms in total. The minimum atomic E-state index is -3.30. The Kier molecular flexibility index (Phi) is 4.80. The first-order valence-corrected chi connectivity index (χ1v) is 8.43. The van der Waals surface area contributed by atoms with Crippen LogP contribution in [-0.4, -0.2) is 38.0 Å². The second kappa shape index (κ2) is 6.22. The zero-order chi connectivity index (χ0) is 14.8. The van der Waals surface area contributed by atoms with Crippen molar-refractivity contribution in [2.24, 2.45) is 5.73 Å². The first-order valence-electron chi connectivity index (χ1n) is 6.82. The molecule has 1 saturated heterocycles. The fourth-order valence-electron chi connectivity index (χ4n) is 2.43. The monoisotopic (exact) mass is 298 g/mol. The molecular formula is C14H22N2O3S. The number of hydrogen-bond donors (Lipinski definition) is 1. The molecule has 2 atom stereocenters. The summed E-state index contributed by atoms with van der Waals surface area (Å²) in [5.74, 6) is 0.0251. The van der Waals surface area contributed by atoms with Crippen molar-refractivity contribution >= 4 is 10.0 Å². The number of ether oxygens (including phenoxy) is 1. The molecule has 0 saturated carbocycles. The third-order valence-corrected chi connectivity index (χ3v) is 5.17. The van der Waals surface area contributed by atoms with Crippen LogP contribution in [0.1, 0.15) is 25.0 Å². The number of benzene rings is 1. The van der Waals surface area contributed by atoms with Gasteiger partial charge in [0.05, 0.1) is 18.0 Å². The van der Waals surface area contributed by atoms with Crippen LogP contribution >= 0.6 is 0 Å². The predicted octanol–water partition coefficient (Wildman–Crippen LogP) is 1.08. The summed E-state index contributed by atoms with van der Waals surface area (Å²) in [6, 6.07) is 7.39. The molecule has 112 valence electrons. The summed E-state index contributed by atoms with van der Waals surface area (Å²) < 4.78 is 32.0. The zero-order valence-corrected chi connectivity index (χ0v) is 12.8. The van der Waals surface area contributed by atoms with E-state index < -0.39 is 10.0 Å². The molecule has 2 N–H and O–H groups in total. The average Bonchev–Trinajstić information content (AvgIpc) is 2.38. The van der Waals surface area contributed by atoms with Crippen LogP contribution in [0.3, 0.4) is 0 Å². The normalized spacial score (nSPS) is 24.8. The van der Waals surface area contributed by atoms with Gasteiger partial charge in [-0.25, -0.2) is 8.42 Å². The van der Waals surface area contributed by atoms with E-state index in [1.807, 2.05) is 38.1 Å². The molecular weight excluding hydrogens is 276 g/mol. The summed E-state index contributed by atoms with van der Waals surface area (Å²) in [7, 11) is -3.30. The minimum Gasteiger partial charge on any atom is -0.373 e. The topological polar surface area (TPSA) is 72.6 Å². The zero-order valence-electron chi connectivity index (χ0n) is 12.0. The predicted molar refractivity (Wildman–Crippen MR) is 78.5 cm³/mol. The van der Waals surface area contributed by atoms with Crippen molar-refractivity contribution in [3.8, 4) is 0 Å². The third-order valence-electron chi connectivity index (χ3n) is 3.39. The minimum absolute atomic E-state index is 0.0251. The molecule has 0 aliphatic carbocycles. The highest BCUT2D eigenvalue weighted by Gasteiger charge is 2.30. The summed E-state index contributed by atoms with van der Waals surface area (Å²) in [6.07, 6.45) is -0.124. The molecule has 1 aromatic carbocycles. The van der Waals surface area contributed by atoms with Crippen molar-refractivity contribution in [1.82, 2.24) is 4.31 Å². The number of morpholine rings is 1. The summed E-state index contributed by atoms with van der Waals surface area (Å²) in [5.41, 5.74) is 7.32. The molecule has 0 radical (unpaired) electrons. The van der Waals surface area contributed by atoms with Gasteiger partial charge in [0.25, 0.3) is 0 Å². The molecule has 1 aliphatic rings. The van der Waals surface area contributed by atoms with Gasteiger partial charge in [-0.3, -0.25) is 0 Å². The summed E-state index contributed by atoms with van der Waals surface area (Å²) in [4.78, 5) is 0. The van der Waals surface area contributed by atoms with E-state index >= 15 is 0 Å². The van der Waals surface area contributed by atoms with Gasteiger partial charge in [-0.2, -0.15) is 4.31 Å². The van der Waals surface area contributed by atoms with E-state index in [0.717, 1.165) is 11.1 Å². The van der Waals surface area contributed by atoms with Crippen molar-refractivity contribution in [3.05, 3.63) is 35.4 Å². The highest BCUT2D eigenvalue weighted by Crippen LogP contribution is 2.18. The highest BCUT2D eigenvalue weighted by atomic mass is 32.2. The number of nitrogens with two attached hydrogens (primary N) is 1. The summed E-state index contributed by atoms with van der Waals surface area (Å²) >= 11 is 0. The first-order chi connectivity index (χ1) is 9.40. The second-order valence-corrected chi connectivity index (χ2v) is 7.32. The number of sulfonamides is 1. The molecule has 2 rings (SSSR count). The van der Waals surface area contributed by atoms with Gasteiger partial charge in [0, 0.05) is 19.6 Å². The smallest absolute Gasteiger partial charge is 0.218 e. The van der Waals surface area contributed by atoms with Crippen LogP contribution < -0.4 is 5.73 Å². The molecule has 0 aromatic heterocycles. The van der Waals surface area contributed by atoms with E-state index in [2.05, 4.69) is 0 Å². The lowest BCUT2D eigenvalue weighted by atomic mass is 10.1. The molecule has 1 heterocycles. The molecule has 6 heteroatoms. The molecule has 1 aliphatic heterocycles. The highest BCUT2D eigenvalue weighted by molar-refractivity contribution is 7.88. The first kappa shape index (κ1) is 15.4. The number of rotatable bonds is 4. The van der Waals surface area contributed by atoms with Gasteiger partial charge in [-0.1, -0.05) is 24.3 Å². The Morgan fingerprint density at radius 2 is 1.65 bits per heavy atom. The number of nitrogens with zero attached hydrogens (tertiary/aromatic N) is 1. The Morgan fingerprint density at radius 1 is 1.15 bits per heavy atom. The quantitative estimate of drug-likeness (QED) is 0.903. The van der Waals surface area contributed by atoms with E-state index in [1.165, 1.54) is 4.31 Å². The third kappa shape index (κ3) is 3.79. The lowest BCUT2D eigenvalue weighted by Crippen LogP contribution is -2.48. The lowest BCUT2D eigenvalue weighted by Gasteiger charge is -2.34. The Balaban J connectivity index is 2.09. The van der Waals surface area contributed by atoms with Crippen LogP contribution in [0.15, 0.2) is 24.3 Å². The van der Waals surface area contributed by atoms with Crippen LogP contribution in [0.25, 0.3) is 0 Å². The lowest BCUT2D eigenvalue weighted by molar-refractivity contribution is -0.0441. The summed E-state index contributed by atoms with van der Waals surface area (Å²) in [5, 5.41) is 0. The van der Waals surface area contributed by atoms with Crippen LogP contribution in [-0.2, 0) is 27.1 Å². The van der Waals surface area contributed by atoms with Gasteiger partial charge >= 0.3 is 0 Å². The van der Waals surface area contributed by atoms with Crippen LogP contribution in [0.2, 0.25) is 0 Å². The van der Waals surface area contributed by atoms with Gasteiger partial charge in [0.15, 0.2) is 0 Å². The fraction of sp³-hybridized carbons (Fsp3) is 0.571. The van der Waals surface area contributed by atoms with E-state index in [9.17, 15) is 8.42 Å². The van der Waals surface area contributed by atoms with Gasteiger partial charge in [-0.15, -0.1) is 0 Å². The van der Waals surface area contributed by atoms with Crippen molar-refractivity contribution < 1.29 is 13.2 Å². The largest absolute Gasteiger partial charge is 0.373 e. The average molecular weight is 298 g/mol. The maximum atomic E-state index is 12.4. The molecule has 0 bridgehead atoms. The standard InChI is InChI=1S/C14H22N2O3S/c1-11-8-16(9-12(2)19-11)20(17,18)10-14-5-3-13(7-15)4-6-14/h3-6,11-12H,7-10,15H2,1-2H3/t11-,12+. The van der Waals surface area contributed by atoms with E-state index in [-0.39, 0.29) is 18.0 Å². The van der Waals surface area contributed by atoms with Gasteiger partial charge in [0.1, 0.15) is 0 Å². The molecule has 0 spiro atoms. The van der Waals surface area contributed by atoms with E-state index in [1.54, 1.807) is 0 Å². The fourth-order valence-corrected chi connectivity index (χ4v) is 4.10. The SMILES string of the molecule is C[C@@H]1CN(S(=O)(=O)Cc2ccc(CN)cc2)C[C@H](C)O1. The van der Waals surface area contributed by atoms with Gasteiger partial charge in [-0.05, 0) is 25.0 Å². The Morgan fingerprint density at radius 3 is 2.15 bits per heavy atom. The Bertz CT molecular complexity index is 532. The maximum Gasteiger partial charge on any atom is 0.218 e. The van der Waals surface area contributed by atoms with E-state index in [4.69, 9.17) is 10.5 Å². The summed E-state index contributed by atoms with van der Waals surface area (Å²) in [6.45, 7) is 5.11.